The number of halogens is 1. The Labute approximate surface area is 104 Å². The SMILES string of the molecule is CC(=O)Nc1cnn(Cc2ccccc2Cl)c1. The first-order valence-electron chi connectivity index (χ1n) is 5.18. The van der Waals surface area contributed by atoms with Gasteiger partial charge in [0.15, 0.2) is 0 Å². The molecule has 0 unspecified atom stereocenters. The normalized spacial score (nSPS) is 10.2. The zero-order chi connectivity index (χ0) is 12.3. The maximum atomic E-state index is 10.9. The van der Waals surface area contributed by atoms with E-state index in [-0.39, 0.29) is 5.91 Å². The summed E-state index contributed by atoms with van der Waals surface area (Å²) in [5.74, 6) is -0.109. The lowest BCUT2D eigenvalue weighted by molar-refractivity contribution is -0.114. The van der Waals surface area contributed by atoms with E-state index in [0.717, 1.165) is 5.56 Å². The fourth-order valence-electron chi connectivity index (χ4n) is 1.52. The largest absolute Gasteiger partial charge is 0.324 e. The third kappa shape index (κ3) is 3.07. The van der Waals surface area contributed by atoms with Gasteiger partial charge in [-0.1, -0.05) is 29.8 Å². The van der Waals surface area contributed by atoms with Gasteiger partial charge in [0.1, 0.15) is 0 Å². The van der Waals surface area contributed by atoms with E-state index in [1.165, 1.54) is 6.92 Å². The molecule has 17 heavy (non-hydrogen) atoms. The van der Waals surface area contributed by atoms with Crippen molar-refractivity contribution in [1.82, 2.24) is 9.78 Å². The van der Waals surface area contributed by atoms with Gasteiger partial charge in [-0.3, -0.25) is 9.48 Å². The van der Waals surface area contributed by atoms with Crippen LogP contribution in [0.15, 0.2) is 36.7 Å². The third-order valence-corrected chi connectivity index (χ3v) is 2.61. The van der Waals surface area contributed by atoms with Crippen LogP contribution in [0.1, 0.15) is 12.5 Å². The Kier molecular flexibility index (Phi) is 3.44. The minimum Gasteiger partial charge on any atom is -0.324 e. The lowest BCUT2D eigenvalue weighted by Gasteiger charge is -2.03. The molecule has 5 heteroatoms. The number of carbonyl (C=O) groups excluding carboxylic acids is 1. The van der Waals surface area contributed by atoms with E-state index in [1.54, 1.807) is 17.1 Å². The Morgan fingerprint density at radius 1 is 1.47 bits per heavy atom. The van der Waals surface area contributed by atoms with Crippen molar-refractivity contribution >= 4 is 23.2 Å². The van der Waals surface area contributed by atoms with Crippen molar-refractivity contribution in [2.75, 3.05) is 5.32 Å². The van der Waals surface area contributed by atoms with E-state index in [2.05, 4.69) is 10.4 Å². The van der Waals surface area contributed by atoms with Crippen LogP contribution in [0.5, 0.6) is 0 Å². The summed E-state index contributed by atoms with van der Waals surface area (Å²) in [5.41, 5.74) is 1.68. The van der Waals surface area contributed by atoms with E-state index in [4.69, 9.17) is 11.6 Å². The Morgan fingerprint density at radius 2 is 2.24 bits per heavy atom. The summed E-state index contributed by atoms with van der Waals surface area (Å²) in [6, 6.07) is 7.61. The monoisotopic (exact) mass is 249 g/mol. The quantitative estimate of drug-likeness (QED) is 0.909. The molecule has 0 radical (unpaired) electrons. The summed E-state index contributed by atoms with van der Waals surface area (Å²) in [4.78, 5) is 10.9. The number of benzene rings is 1. The van der Waals surface area contributed by atoms with Crippen LogP contribution in [0, 0.1) is 0 Å². The molecule has 0 saturated carbocycles. The molecule has 4 nitrogen and oxygen atoms in total. The smallest absolute Gasteiger partial charge is 0.221 e. The number of nitrogens with one attached hydrogen (secondary N) is 1. The number of aromatic nitrogens is 2. The number of hydrogen-bond donors (Lipinski definition) is 1. The fourth-order valence-corrected chi connectivity index (χ4v) is 1.71. The molecular weight excluding hydrogens is 238 g/mol. The van der Waals surface area contributed by atoms with Crippen LogP contribution in [0.3, 0.4) is 0 Å². The average molecular weight is 250 g/mol. The second-order valence-electron chi connectivity index (χ2n) is 3.70. The molecule has 0 aliphatic heterocycles. The molecule has 0 bridgehead atoms. The van der Waals surface area contributed by atoms with Crippen LogP contribution in [-0.4, -0.2) is 15.7 Å². The summed E-state index contributed by atoms with van der Waals surface area (Å²) >= 11 is 6.05. The van der Waals surface area contributed by atoms with Gasteiger partial charge in [0, 0.05) is 18.1 Å². The molecule has 88 valence electrons. The highest BCUT2D eigenvalue weighted by atomic mass is 35.5. The van der Waals surface area contributed by atoms with Crippen molar-refractivity contribution in [2.45, 2.75) is 13.5 Å². The van der Waals surface area contributed by atoms with Crippen LogP contribution in [0.4, 0.5) is 5.69 Å². The van der Waals surface area contributed by atoms with Gasteiger partial charge in [-0.2, -0.15) is 5.10 Å². The Balaban J connectivity index is 2.12. The summed E-state index contributed by atoms with van der Waals surface area (Å²) < 4.78 is 1.73. The van der Waals surface area contributed by atoms with Crippen molar-refractivity contribution < 1.29 is 4.79 Å². The van der Waals surface area contributed by atoms with Gasteiger partial charge in [-0.25, -0.2) is 0 Å². The molecule has 1 N–H and O–H groups in total. The number of amides is 1. The average Bonchev–Trinajstić information content (AvgIpc) is 2.68. The van der Waals surface area contributed by atoms with E-state index in [1.807, 2.05) is 24.3 Å². The number of rotatable bonds is 3. The van der Waals surface area contributed by atoms with Gasteiger partial charge in [-0.05, 0) is 11.6 Å². The summed E-state index contributed by atoms with van der Waals surface area (Å²) in [7, 11) is 0. The predicted octanol–water partition coefficient (Wildman–Crippen LogP) is 2.54. The Bertz CT molecular complexity index is 536. The van der Waals surface area contributed by atoms with Gasteiger partial charge in [0.2, 0.25) is 5.91 Å². The molecule has 0 saturated heterocycles. The fraction of sp³-hybridized carbons (Fsp3) is 0.167. The van der Waals surface area contributed by atoms with Crippen LogP contribution in [0.2, 0.25) is 5.02 Å². The van der Waals surface area contributed by atoms with Crippen molar-refractivity contribution in [1.29, 1.82) is 0 Å². The first-order chi connectivity index (χ1) is 8.15. The topological polar surface area (TPSA) is 46.9 Å². The van der Waals surface area contributed by atoms with E-state index in [9.17, 15) is 4.79 Å². The molecule has 2 rings (SSSR count). The highest BCUT2D eigenvalue weighted by molar-refractivity contribution is 6.31. The van der Waals surface area contributed by atoms with Crippen LogP contribution in [0.25, 0.3) is 0 Å². The van der Waals surface area contributed by atoms with Gasteiger partial charge < -0.3 is 5.32 Å². The Morgan fingerprint density at radius 3 is 2.94 bits per heavy atom. The van der Waals surface area contributed by atoms with Crippen LogP contribution < -0.4 is 5.32 Å². The summed E-state index contributed by atoms with van der Waals surface area (Å²) in [6.45, 7) is 2.05. The maximum Gasteiger partial charge on any atom is 0.221 e. The number of hydrogen-bond acceptors (Lipinski definition) is 2. The second kappa shape index (κ2) is 5.01. The highest BCUT2D eigenvalue weighted by Crippen LogP contribution is 2.16. The van der Waals surface area contributed by atoms with Gasteiger partial charge >= 0.3 is 0 Å². The summed E-state index contributed by atoms with van der Waals surface area (Å²) in [6.07, 6.45) is 3.38. The molecule has 0 spiro atoms. The standard InChI is InChI=1S/C12H12ClN3O/c1-9(17)15-11-6-14-16(8-11)7-10-4-2-3-5-12(10)13/h2-6,8H,7H2,1H3,(H,15,17). The molecule has 0 fully saturated rings. The van der Waals surface area contributed by atoms with E-state index in [0.29, 0.717) is 17.3 Å². The minimum atomic E-state index is -0.109. The van der Waals surface area contributed by atoms with Gasteiger partial charge in [-0.15, -0.1) is 0 Å². The molecular formula is C12H12ClN3O. The third-order valence-electron chi connectivity index (χ3n) is 2.24. The van der Waals surface area contributed by atoms with Crippen LogP contribution >= 0.6 is 11.6 Å². The highest BCUT2D eigenvalue weighted by Gasteiger charge is 2.03. The maximum absolute atomic E-state index is 10.9. The molecule has 0 aliphatic carbocycles. The van der Waals surface area contributed by atoms with Gasteiger partial charge in [0.05, 0.1) is 18.4 Å². The number of anilines is 1. The van der Waals surface area contributed by atoms with Crippen molar-refractivity contribution in [3.63, 3.8) is 0 Å². The lowest BCUT2D eigenvalue weighted by atomic mass is 10.2. The number of carbonyl (C=O) groups is 1. The molecule has 0 atom stereocenters. The molecule has 1 amide bonds. The lowest BCUT2D eigenvalue weighted by Crippen LogP contribution is -2.05. The first kappa shape index (κ1) is 11.7. The number of nitrogens with zero attached hydrogens (tertiary/aromatic N) is 2. The van der Waals surface area contributed by atoms with Crippen molar-refractivity contribution in [2.24, 2.45) is 0 Å². The molecule has 0 aliphatic rings. The Hall–Kier alpha value is -1.81. The zero-order valence-corrected chi connectivity index (χ0v) is 10.1. The molecule has 1 heterocycles. The van der Waals surface area contributed by atoms with Gasteiger partial charge in [0.25, 0.3) is 0 Å². The second-order valence-corrected chi connectivity index (χ2v) is 4.11. The molecule has 2 aromatic rings. The van der Waals surface area contributed by atoms with E-state index < -0.39 is 0 Å². The van der Waals surface area contributed by atoms with Crippen molar-refractivity contribution in [3.8, 4) is 0 Å². The zero-order valence-electron chi connectivity index (χ0n) is 9.35. The van der Waals surface area contributed by atoms with E-state index >= 15 is 0 Å². The minimum absolute atomic E-state index is 0.109. The molecule has 1 aromatic carbocycles. The van der Waals surface area contributed by atoms with Crippen LogP contribution in [-0.2, 0) is 11.3 Å². The predicted molar refractivity (Wildman–Crippen MR) is 67.1 cm³/mol. The summed E-state index contributed by atoms with van der Waals surface area (Å²) in [5, 5.41) is 7.53. The van der Waals surface area contributed by atoms with Crippen molar-refractivity contribution in [3.05, 3.63) is 47.2 Å². The first-order valence-corrected chi connectivity index (χ1v) is 5.56. The molecule has 1 aromatic heterocycles.